The minimum Gasteiger partial charge on any atom is -0.0760 e. The van der Waals surface area contributed by atoms with Gasteiger partial charge in [0.2, 0.25) is 0 Å². The second-order valence-electron chi connectivity index (χ2n) is 13.2. The van der Waals surface area contributed by atoms with Crippen LogP contribution in [-0.2, 0) is 0 Å². The van der Waals surface area contributed by atoms with Gasteiger partial charge in [0, 0.05) is 11.8 Å². The first kappa shape index (κ1) is 27.2. The normalized spacial score (nSPS) is 16.9. The first-order valence-corrected chi connectivity index (χ1v) is 16.9. The Bertz CT molecular complexity index is 2470. The Morgan fingerprint density at radius 3 is 1.83 bits per heavy atom. The Balaban J connectivity index is 1.25. The zero-order valence-corrected chi connectivity index (χ0v) is 26.5. The third-order valence-electron chi connectivity index (χ3n) is 10.6. The van der Waals surface area contributed by atoms with Crippen molar-refractivity contribution in [1.82, 2.24) is 0 Å². The van der Waals surface area contributed by atoms with Gasteiger partial charge >= 0.3 is 0 Å². The average molecular weight is 609 g/mol. The van der Waals surface area contributed by atoms with Crippen LogP contribution >= 0.6 is 0 Å². The highest BCUT2D eigenvalue weighted by atomic mass is 14.5. The minimum absolute atomic E-state index is 0.301. The van der Waals surface area contributed by atoms with Crippen LogP contribution in [0.15, 0.2) is 176 Å². The van der Waals surface area contributed by atoms with Gasteiger partial charge in [-0.2, -0.15) is 0 Å². The molecule has 7 aromatic rings. The SMILES string of the molecule is C1=CC2c3ccccc3C=C3c4c(c(-c5ccccc5)cc(-c5ccc(-c6ccc7ccccc7c6)cc5)c4-c4ccccc4)C(=C1)C32. The summed E-state index contributed by atoms with van der Waals surface area (Å²) >= 11 is 0. The van der Waals surface area contributed by atoms with Gasteiger partial charge < -0.3 is 0 Å². The molecule has 0 nitrogen and oxygen atoms in total. The molecule has 2 unspecified atom stereocenters. The molecule has 0 aliphatic heterocycles. The van der Waals surface area contributed by atoms with Crippen LogP contribution in [0.1, 0.15) is 28.2 Å². The van der Waals surface area contributed by atoms with Crippen molar-refractivity contribution >= 4 is 28.0 Å². The lowest BCUT2D eigenvalue weighted by Gasteiger charge is -2.32. The van der Waals surface area contributed by atoms with E-state index in [0.29, 0.717) is 11.8 Å². The van der Waals surface area contributed by atoms with Gasteiger partial charge in [0.1, 0.15) is 0 Å². The van der Waals surface area contributed by atoms with Crippen LogP contribution in [0, 0.1) is 5.92 Å². The van der Waals surface area contributed by atoms with E-state index in [1.54, 1.807) is 0 Å². The lowest BCUT2D eigenvalue weighted by Crippen LogP contribution is -2.16. The molecule has 0 saturated carbocycles. The summed E-state index contributed by atoms with van der Waals surface area (Å²) < 4.78 is 0. The molecule has 3 aliphatic carbocycles. The summed E-state index contributed by atoms with van der Waals surface area (Å²) in [7, 11) is 0. The zero-order chi connectivity index (χ0) is 31.6. The highest BCUT2D eigenvalue weighted by Gasteiger charge is 2.44. The number of hydrogen-bond donors (Lipinski definition) is 0. The van der Waals surface area contributed by atoms with E-state index in [4.69, 9.17) is 0 Å². The molecule has 224 valence electrons. The Labute approximate surface area is 281 Å². The molecule has 48 heavy (non-hydrogen) atoms. The molecule has 0 aromatic heterocycles. The molecule has 0 heteroatoms. The van der Waals surface area contributed by atoms with E-state index in [9.17, 15) is 0 Å². The molecule has 0 fully saturated rings. The second-order valence-corrected chi connectivity index (χ2v) is 13.2. The summed E-state index contributed by atoms with van der Waals surface area (Å²) in [5.41, 5.74) is 18.5. The van der Waals surface area contributed by atoms with E-state index in [0.717, 1.165) is 0 Å². The molecule has 0 amide bonds. The van der Waals surface area contributed by atoms with E-state index in [-0.39, 0.29) is 0 Å². The number of benzene rings is 7. The monoisotopic (exact) mass is 608 g/mol. The van der Waals surface area contributed by atoms with Crippen molar-refractivity contribution in [1.29, 1.82) is 0 Å². The Morgan fingerprint density at radius 2 is 1.02 bits per heavy atom. The van der Waals surface area contributed by atoms with E-state index in [1.807, 2.05) is 0 Å². The van der Waals surface area contributed by atoms with Crippen LogP contribution in [0.4, 0.5) is 0 Å². The van der Waals surface area contributed by atoms with Crippen molar-refractivity contribution in [2.45, 2.75) is 5.92 Å². The topological polar surface area (TPSA) is 0 Å². The van der Waals surface area contributed by atoms with Crippen molar-refractivity contribution in [2.24, 2.45) is 5.92 Å². The molecular formula is C48H32. The van der Waals surface area contributed by atoms with Gasteiger partial charge in [-0.15, -0.1) is 0 Å². The van der Waals surface area contributed by atoms with Crippen LogP contribution < -0.4 is 0 Å². The lowest BCUT2D eigenvalue weighted by molar-refractivity contribution is 0.739. The fourth-order valence-electron chi connectivity index (χ4n) is 8.46. The van der Waals surface area contributed by atoms with Gasteiger partial charge in [-0.05, 0) is 101 Å². The maximum absolute atomic E-state index is 2.49. The van der Waals surface area contributed by atoms with Gasteiger partial charge in [0.05, 0.1) is 0 Å². The first-order chi connectivity index (χ1) is 23.8. The third-order valence-corrected chi connectivity index (χ3v) is 10.6. The zero-order valence-electron chi connectivity index (χ0n) is 26.5. The smallest absolute Gasteiger partial charge is 0.0206 e. The lowest BCUT2D eigenvalue weighted by atomic mass is 9.71. The largest absolute Gasteiger partial charge is 0.0760 e. The minimum atomic E-state index is 0.301. The molecule has 2 atom stereocenters. The second kappa shape index (κ2) is 10.8. The molecule has 0 spiro atoms. The Morgan fingerprint density at radius 1 is 0.396 bits per heavy atom. The maximum Gasteiger partial charge on any atom is 0.0206 e. The van der Waals surface area contributed by atoms with Crippen molar-refractivity contribution < 1.29 is 0 Å². The van der Waals surface area contributed by atoms with Gasteiger partial charge in [-0.25, -0.2) is 0 Å². The predicted molar refractivity (Wildman–Crippen MR) is 203 cm³/mol. The molecule has 7 aromatic carbocycles. The van der Waals surface area contributed by atoms with Gasteiger partial charge in [0.15, 0.2) is 0 Å². The van der Waals surface area contributed by atoms with Crippen LogP contribution in [0.2, 0.25) is 0 Å². The molecule has 0 heterocycles. The van der Waals surface area contributed by atoms with E-state index in [2.05, 4.69) is 182 Å². The highest BCUT2D eigenvalue weighted by Crippen LogP contribution is 2.62. The summed E-state index contributed by atoms with van der Waals surface area (Å²) in [6, 6.07) is 58.1. The summed E-state index contributed by atoms with van der Waals surface area (Å²) in [6.07, 6.45) is 9.58. The molecular weight excluding hydrogens is 577 g/mol. The van der Waals surface area contributed by atoms with Crippen LogP contribution in [-0.4, -0.2) is 0 Å². The number of fused-ring (bicyclic) bond motifs is 6. The van der Waals surface area contributed by atoms with Crippen molar-refractivity contribution in [3.8, 4) is 44.5 Å². The van der Waals surface area contributed by atoms with Gasteiger partial charge in [-0.1, -0.05) is 170 Å². The Kier molecular flexibility index (Phi) is 6.11. The summed E-state index contributed by atoms with van der Waals surface area (Å²) in [6.45, 7) is 0. The van der Waals surface area contributed by atoms with Crippen LogP contribution in [0.3, 0.4) is 0 Å². The maximum atomic E-state index is 2.49. The fourth-order valence-corrected chi connectivity index (χ4v) is 8.46. The average Bonchev–Trinajstić information content (AvgIpc) is 3.49. The first-order valence-electron chi connectivity index (χ1n) is 16.9. The predicted octanol–water partition coefficient (Wildman–Crippen LogP) is 12.7. The van der Waals surface area contributed by atoms with Crippen LogP contribution in [0.5, 0.6) is 0 Å². The number of hydrogen-bond acceptors (Lipinski definition) is 0. The highest BCUT2D eigenvalue weighted by molar-refractivity contribution is 6.13. The van der Waals surface area contributed by atoms with Crippen molar-refractivity contribution in [3.63, 3.8) is 0 Å². The molecule has 0 radical (unpaired) electrons. The molecule has 0 bridgehead atoms. The molecule has 0 N–H and O–H groups in total. The Hall–Kier alpha value is -5.98. The summed E-state index contributed by atoms with van der Waals surface area (Å²) in [5, 5.41) is 2.53. The van der Waals surface area contributed by atoms with E-state index in [1.165, 1.54) is 88.7 Å². The van der Waals surface area contributed by atoms with Gasteiger partial charge in [-0.3, -0.25) is 0 Å². The molecule has 3 aliphatic rings. The van der Waals surface area contributed by atoms with E-state index >= 15 is 0 Å². The standard InChI is InChI=1S/C48H32/c1-3-13-33(14-4-1)43-30-42(34-25-22-32(23-26-34)37-27-24-31-12-7-8-17-36(31)28-37)45(35-15-5-2-6-16-35)48-44-29-38-18-9-10-19-39(38)40-20-11-21-41(46(40)44)47(43)48/h1-30,40,46H. The summed E-state index contributed by atoms with van der Waals surface area (Å²) in [5.74, 6) is 0.626. The van der Waals surface area contributed by atoms with Crippen molar-refractivity contribution in [3.05, 3.63) is 198 Å². The van der Waals surface area contributed by atoms with Gasteiger partial charge in [0.25, 0.3) is 0 Å². The number of allylic oxidation sites excluding steroid dienone is 5. The summed E-state index contributed by atoms with van der Waals surface area (Å²) in [4.78, 5) is 0. The molecule has 10 rings (SSSR count). The van der Waals surface area contributed by atoms with Crippen molar-refractivity contribution in [2.75, 3.05) is 0 Å². The van der Waals surface area contributed by atoms with Crippen LogP contribution in [0.25, 0.3) is 72.5 Å². The number of rotatable bonds is 4. The molecule has 0 saturated heterocycles. The quantitative estimate of drug-likeness (QED) is 0.186. The van der Waals surface area contributed by atoms with E-state index < -0.39 is 0 Å². The third kappa shape index (κ3) is 4.16. The fraction of sp³-hybridized carbons (Fsp3) is 0.0417.